The van der Waals surface area contributed by atoms with Crippen LogP contribution in [0.4, 0.5) is 10.7 Å². The number of hydrogen-bond donors (Lipinski definition) is 2. The summed E-state index contributed by atoms with van der Waals surface area (Å²) < 4.78 is 12.8. The minimum absolute atomic E-state index is 0.00442. The van der Waals surface area contributed by atoms with E-state index in [1.165, 1.54) is 6.07 Å². The first kappa shape index (κ1) is 23.7. The van der Waals surface area contributed by atoms with Crippen LogP contribution in [0.3, 0.4) is 0 Å². The number of nitrogens with zero attached hydrogens (tertiary/aromatic N) is 4. The molecule has 1 saturated heterocycles. The topological polar surface area (TPSA) is 115 Å². The van der Waals surface area contributed by atoms with Gasteiger partial charge < -0.3 is 19.0 Å². The average Bonchev–Trinajstić information content (AvgIpc) is 3.26. The molecule has 10 nitrogen and oxygen atoms in total. The smallest absolute Gasteiger partial charge is 0.321 e. The maximum Gasteiger partial charge on any atom is 0.321 e. The van der Waals surface area contributed by atoms with E-state index >= 15 is 0 Å². The van der Waals surface area contributed by atoms with Crippen LogP contribution in [-0.4, -0.2) is 64.9 Å². The van der Waals surface area contributed by atoms with Crippen molar-refractivity contribution in [1.82, 2.24) is 24.8 Å². The second-order valence-electron chi connectivity index (χ2n) is 8.46. The average molecular weight is 467 g/mol. The molecule has 4 heterocycles. The SMILES string of the molecule is Cc1ccc(-c2nc(NC(=O)NCCN3CCOCC3)ncc2-c2ccc(=O)n(C(C)C)c2)o1. The first-order valence-corrected chi connectivity index (χ1v) is 11.4. The van der Waals surface area contributed by atoms with Gasteiger partial charge in [-0.15, -0.1) is 0 Å². The molecule has 0 aliphatic carbocycles. The first-order chi connectivity index (χ1) is 16.4. The van der Waals surface area contributed by atoms with E-state index in [1.807, 2.05) is 32.9 Å². The number of carbonyl (C=O) groups excluding carboxylic acids is 1. The Hall–Kier alpha value is -3.50. The van der Waals surface area contributed by atoms with Crippen LogP contribution >= 0.6 is 0 Å². The molecule has 1 aliphatic heterocycles. The van der Waals surface area contributed by atoms with Gasteiger partial charge in [0.1, 0.15) is 11.5 Å². The molecule has 1 fully saturated rings. The minimum Gasteiger partial charge on any atom is -0.460 e. The molecule has 34 heavy (non-hydrogen) atoms. The summed E-state index contributed by atoms with van der Waals surface area (Å²) in [5.41, 5.74) is 1.92. The van der Waals surface area contributed by atoms with Crippen molar-refractivity contribution in [1.29, 1.82) is 0 Å². The van der Waals surface area contributed by atoms with E-state index in [9.17, 15) is 9.59 Å². The standard InChI is InChI=1S/C24H30N6O4/c1-16(2)30-15-18(5-7-21(30)31)19-14-26-23(27-22(19)20-6-4-17(3)34-20)28-24(32)25-8-9-29-10-12-33-13-11-29/h4-7,14-16H,8-13H2,1-3H3,(H2,25,26,27,28,32). The molecule has 0 unspecified atom stereocenters. The fraction of sp³-hybridized carbons (Fsp3) is 0.417. The monoisotopic (exact) mass is 466 g/mol. The van der Waals surface area contributed by atoms with Crippen LogP contribution in [0.2, 0.25) is 0 Å². The fourth-order valence-corrected chi connectivity index (χ4v) is 3.77. The minimum atomic E-state index is -0.379. The van der Waals surface area contributed by atoms with Gasteiger partial charge >= 0.3 is 6.03 Å². The highest BCUT2D eigenvalue weighted by molar-refractivity contribution is 5.88. The van der Waals surface area contributed by atoms with Crippen LogP contribution in [0.25, 0.3) is 22.6 Å². The van der Waals surface area contributed by atoms with E-state index in [2.05, 4.69) is 25.5 Å². The van der Waals surface area contributed by atoms with Gasteiger partial charge in [-0.05, 0) is 39.0 Å². The normalized spacial score (nSPS) is 14.4. The summed E-state index contributed by atoms with van der Waals surface area (Å²) in [6.45, 7) is 10.2. The number of ether oxygens (including phenoxy) is 1. The van der Waals surface area contributed by atoms with E-state index < -0.39 is 0 Å². The van der Waals surface area contributed by atoms with Gasteiger partial charge in [-0.1, -0.05) is 0 Å². The van der Waals surface area contributed by atoms with Crippen LogP contribution in [0.1, 0.15) is 25.6 Å². The Bertz CT molecular complexity index is 1200. The van der Waals surface area contributed by atoms with Gasteiger partial charge in [-0.3, -0.25) is 15.0 Å². The predicted molar refractivity (Wildman–Crippen MR) is 129 cm³/mol. The number of nitrogens with one attached hydrogen (secondary N) is 2. The van der Waals surface area contributed by atoms with Crippen molar-refractivity contribution in [3.8, 4) is 22.6 Å². The summed E-state index contributed by atoms with van der Waals surface area (Å²) in [4.78, 5) is 35.8. The lowest BCUT2D eigenvalue weighted by Gasteiger charge is -2.26. The summed E-state index contributed by atoms with van der Waals surface area (Å²) in [6.07, 6.45) is 3.42. The van der Waals surface area contributed by atoms with Gasteiger partial charge in [-0.2, -0.15) is 0 Å². The third kappa shape index (κ3) is 5.70. The van der Waals surface area contributed by atoms with Gasteiger partial charge in [0, 0.05) is 61.8 Å². The Labute approximate surface area is 198 Å². The Morgan fingerprint density at radius 2 is 1.97 bits per heavy atom. The van der Waals surface area contributed by atoms with Gasteiger partial charge in [-0.25, -0.2) is 14.8 Å². The zero-order valence-corrected chi connectivity index (χ0v) is 19.7. The van der Waals surface area contributed by atoms with Crippen LogP contribution in [0, 0.1) is 6.92 Å². The number of carbonyl (C=O) groups is 1. The Morgan fingerprint density at radius 1 is 1.18 bits per heavy atom. The summed E-state index contributed by atoms with van der Waals surface area (Å²) in [6, 6.07) is 6.57. The molecule has 180 valence electrons. The quantitative estimate of drug-likeness (QED) is 0.550. The van der Waals surface area contributed by atoms with E-state index in [0.717, 1.165) is 44.2 Å². The molecule has 0 aromatic carbocycles. The lowest BCUT2D eigenvalue weighted by Crippen LogP contribution is -2.42. The molecule has 2 amide bonds. The Balaban J connectivity index is 1.54. The third-order valence-electron chi connectivity index (χ3n) is 5.61. The molecule has 4 rings (SSSR count). The lowest BCUT2D eigenvalue weighted by atomic mass is 10.1. The number of aryl methyl sites for hydroxylation is 1. The zero-order valence-electron chi connectivity index (χ0n) is 19.7. The molecule has 0 radical (unpaired) electrons. The number of amides is 2. The fourth-order valence-electron chi connectivity index (χ4n) is 3.77. The number of anilines is 1. The van der Waals surface area contributed by atoms with Crippen molar-refractivity contribution in [3.05, 3.63) is 52.8 Å². The Morgan fingerprint density at radius 3 is 2.68 bits per heavy atom. The van der Waals surface area contributed by atoms with Gasteiger partial charge in [0.2, 0.25) is 5.95 Å². The van der Waals surface area contributed by atoms with Gasteiger partial charge in [0.25, 0.3) is 5.56 Å². The van der Waals surface area contributed by atoms with Crippen molar-refractivity contribution in [2.75, 3.05) is 44.7 Å². The highest BCUT2D eigenvalue weighted by Crippen LogP contribution is 2.31. The lowest BCUT2D eigenvalue weighted by molar-refractivity contribution is 0.0388. The number of aromatic nitrogens is 3. The van der Waals surface area contributed by atoms with Crippen molar-refractivity contribution < 1.29 is 13.9 Å². The largest absolute Gasteiger partial charge is 0.460 e. The van der Waals surface area contributed by atoms with Crippen LogP contribution in [0.5, 0.6) is 0 Å². The second-order valence-corrected chi connectivity index (χ2v) is 8.46. The van der Waals surface area contributed by atoms with Crippen LogP contribution < -0.4 is 16.2 Å². The molecule has 0 spiro atoms. The molecule has 0 saturated carbocycles. The third-order valence-corrected chi connectivity index (χ3v) is 5.61. The molecular weight excluding hydrogens is 436 g/mol. The predicted octanol–water partition coefficient (Wildman–Crippen LogP) is 2.91. The van der Waals surface area contributed by atoms with Crippen LogP contribution in [-0.2, 0) is 4.74 Å². The van der Waals surface area contributed by atoms with E-state index in [1.54, 1.807) is 23.0 Å². The summed E-state index contributed by atoms with van der Waals surface area (Å²) in [5.74, 6) is 1.45. The highest BCUT2D eigenvalue weighted by Gasteiger charge is 2.17. The summed E-state index contributed by atoms with van der Waals surface area (Å²) in [7, 11) is 0. The molecule has 3 aromatic rings. The maximum absolute atomic E-state index is 12.4. The Kier molecular flexibility index (Phi) is 7.39. The van der Waals surface area contributed by atoms with Crippen LogP contribution in [0.15, 0.2) is 45.9 Å². The number of hydrogen-bond acceptors (Lipinski definition) is 7. The molecule has 3 aromatic heterocycles. The van der Waals surface area contributed by atoms with E-state index in [4.69, 9.17) is 9.15 Å². The summed E-state index contributed by atoms with van der Waals surface area (Å²) >= 11 is 0. The van der Waals surface area contributed by atoms with E-state index in [0.29, 0.717) is 23.6 Å². The number of rotatable bonds is 7. The molecule has 0 bridgehead atoms. The van der Waals surface area contributed by atoms with E-state index in [-0.39, 0.29) is 23.6 Å². The molecule has 1 aliphatic rings. The number of furan rings is 1. The van der Waals surface area contributed by atoms with Crippen molar-refractivity contribution in [2.24, 2.45) is 0 Å². The molecular formula is C24H30N6O4. The maximum atomic E-state index is 12.4. The number of urea groups is 1. The van der Waals surface area contributed by atoms with Crippen molar-refractivity contribution in [3.63, 3.8) is 0 Å². The molecule has 2 N–H and O–H groups in total. The summed E-state index contributed by atoms with van der Waals surface area (Å²) in [5, 5.41) is 5.54. The first-order valence-electron chi connectivity index (χ1n) is 11.4. The number of pyridine rings is 1. The van der Waals surface area contributed by atoms with Gasteiger partial charge in [0.15, 0.2) is 5.76 Å². The van der Waals surface area contributed by atoms with Gasteiger partial charge in [0.05, 0.1) is 13.2 Å². The molecule has 10 heteroatoms. The highest BCUT2D eigenvalue weighted by atomic mass is 16.5. The number of morpholine rings is 1. The molecule has 0 atom stereocenters. The second kappa shape index (κ2) is 10.6. The van der Waals surface area contributed by atoms with Crippen molar-refractivity contribution >= 4 is 12.0 Å². The van der Waals surface area contributed by atoms with Crippen molar-refractivity contribution in [2.45, 2.75) is 26.8 Å². The zero-order chi connectivity index (χ0) is 24.1.